The fraction of sp³-hybridized carbons (Fsp3) is 0.432. The molecule has 2 aliphatic rings. The molecule has 7 nitrogen and oxygen atoms in total. The van der Waals surface area contributed by atoms with E-state index in [0.29, 0.717) is 40.4 Å². The molecule has 242 valence electrons. The summed E-state index contributed by atoms with van der Waals surface area (Å²) in [5.74, 6) is 3.90. The lowest BCUT2D eigenvalue weighted by molar-refractivity contribution is -0.113. The highest BCUT2D eigenvalue weighted by Gasteiger charge is 2.20. The number of allylic oxidation sites excluding steroid dienone is 9. The summed E-state index contributed by atoms with van der Waals surface area (Å²) < 4.78 is 6.32. The van der Waals surface area contributed by atoms with Gasteiger partial charge in [-0.15, -0.1) is 0 Å². The van der Waals surface area contributed by atoms with Crippen LogP contribution in [0.5, 0.6) is 0 Å². The number of aliphatic imine (C=N–C) groups is 1. The van der Waals surface area contributed by atoms with E-state index in [9.17, 15) is 14.7 Å². The van der Waals surface area contributed by atoms with Gasteiger partial charge in [0.2, 0.25) is 0 Å². The number of ketones is 1. The van der Waals surface area contributed by atoms with E-state index in [1.54, 1.807) is 26.0 Å². The Morgan fingerprint density at radius 2 is 1.80 bits per heavy atom. The third-order valence-corrected chi connectivity index (χ3v) is 9.28. The van der Waals surface area contributed by atoms with Gasteiger partial charge in [0.1, 0.15) is 17.3 Å². The smallest absolute Gasteiger partial charge is 0.200 e. The molecular formula is C37H49N3O4S. The number of carbonyl (C=O) groups excluding carboxylic acids is 1. The van der Waals surface area contributed by atoms with Crippen LogP contribution in [0.1, 0.15) is 78.0 Å². The Morgan fingerprint density at radius 1 is 1.13 bits per heavy atom. The van der Waals surface area contributed by atoms with Gasteiger partial charge in [0.05, 0.1) is 5.70 Å². The van der Waals surface area contributed by atoms with E-state index >= 15 is 0 Å². The summed E-state index contributed by atoms with van der Waals surface area (Å²) in [6.45, 7) is 20.4. The molecule has 1 aliphatic carbocycles. The molecule has 8 heteroatoms. The number of thioether (sulfide) groups is 1. The fourth-order valence-electron chi connectivity index (χ4n) is 5.65. The quantitative estimate of drug-likeness (QED) is 0.0977. The molecular weight excluding hydrogens is 582 g/mol. The highest BCUT2D eigenvalue weighted by molar-refractivity contribution is 7.99. The van der Waals surface area contributed by atoms with E-state index in [1.807, 2.05) is 63.8 Å². The van der Waals surface area contributed by atoms with Crippen molar-refractivity contribution in [3.63, 3.8) is 0 Å². The molecule has 0 amide bonds. The molecule has 0 unspecified atom stereocenters. The Hall–Kier alpha value is -3.78. The monoisotopic (exact) mass is 631 g/mol. The molecule has 0 bridgehead atoms. The first-order valence-corrected chi connectivity index (χ1v) is 16.9. The Kier molecular flexibility index (Phi) is 13.5. The second-order valence-electron chi connectivity index (χ2n) is 11.7. The highest BCUT2D eigenvalue weighted by Crippen LogP contribution is 2.31. The largest absolute Gasteiger partial charge is 0.506 e. The molecule has 2 N–H and O–H groups in total. The zero-order valence-electron chi connectivity index (χ0n) is 27.8. The van der Waals surface area contributed by atoms with E-state index in [0.717, 1.165) is 53.3 Å². The second kappa shape index (κ2) is 17.1. The molecule has 45 heavy (non-hydrogen) atoms. The summed E-state index contributed by atoms with van der Waals surface area (Å²) >= 11 is 1.90. The van der Waals surface area contributed by atoms with Crippen LogP contribution in [0.2, 0.25) is 0 Å². The van der Waals surface area contributed by atoms with Crippen molar-refractivity contribution in [1.82, 2.24) is 5.32 Å². The van der Waals surface area contributed by atoms with Crippen LogP contribution in [-0.4, -0.2) is 41.2 Å². The Balaban J connectivity index is 1.82. The van der Waals surface area contributed by atoms with E-state index < -0.39 is 0 Å². The molecule has 0 aromatic carbocycles. The lowest BCUT2D eigenvalue weighted by atomic mass is 9.93. The number of Topliss-reactive ketones (excluding diaryl/α,β-unsaturated/α-hetero) is 1. The Morgan fingerprint density at radius 3 is 2.38 bits per heavy atom. The number of aliphatic hydroxyl groups is 1. The first-order valence-electron chi connectivity index (χ1n) is 15.8. The third-order valence-electron chi connectivity index (χ3n) is 8.34. The average molecular weight is 632 g/mol. The Labute approximate surface area is 273 Å². The van der Waals surface area contributed by atoms with Gasteiger partial charge in [0.25, 0.3) is 0 Å². The van der Waals surface area contributed by atoms with Crippen LogP contribution in [0.15, 0.2) is 97.8 Å². The molecule has 1 saturated heterocycles. The molecule has 0 radical (unpaired) electrons. The van der Waals surface area contributed by atoms with Crippen molar-refractivity contribution in [1.29, 1.82) is 0 Å². The van der Waals surface area contributed by atoms with Gasteiger partial charge >= 0.3 is 0 Å². The van der Waals surface area contributed by atoms with Crippen LogP contribution in [0.4, 0.5) is 5.88 Å². The minimum atomic E-state index is -0.177. The topological polar surface area (TPSA) is 95.1 Å². The van der Waals surface area contributed by atoms with Gasteiger partial charge in [-0.1, -0.05) is 57.1 Å². The van der Waals surface area contributed by atoms with Crippen molar-refractivity contribution < 1.29 is 14.3 Å². The zero-order chi connectivity index (χ0) is 33.1. The maximum absolute atomic E-state index is 12.9. The van der Waals surface area contributed by atoms with Gasteiger partial charge in [-0.2, -0.15) is 11.8 Å². The number of nitrogens with one attached hydrogen (secondary N) is 1. The number of hydrogen-bond donors (Lipinski definition) is 2. The van der Waals surface area contributed by atoms with Crippen LogP contribution < -0.4 is 15.6 Å². The van der Waals surface area contributed by atoms with Gasteiger partial charge in [-0.05, 0) is 82.8 Å². The van der Waals surface area contributed by atoms with E-state index in [2.05, 4.69) is 28.4 Å². The van der Waals surface area contributed by atoms with Crippen molar-refractivity contribution in [2.45, 2.75) is 73.6 Å². The molecule has 1 saturated carbocycles. The van der Waals surface area contributed by atoms with E-state index in [-0.39, 0.29) is 17.0 Å². The zero-order valence-corrected chi connectivity index (χ0v) is 28.6. The highest BCUT2D eigenvalue weighted by atomic mass is 32.2. The predicted octanol–water partition coefficient (Wildman–Crippen LogP) is 8.37. The van der Waals surface area contributed by atoms with Crippen molar-refractivity contribution in [2.24, 2.45) is 10.9 Å². The minimum Gasteiger partial charge on any atom is -0.506 e. The molecule has 0 atom stereocenters. The third kappa shape index (κ3) is 10.1. The van der Waals surface area contributed by atoms with Crippen LogP contribution in [0.25, 0.3) is 5.57 Å². The van der Waals surface area contributed by atoms with Gasteiger partial charge in [0.15, 0.2) is 17.1 Å². The normalized spacial score (nSPS) is 18.0. The lowest BCUT2D eigenvalue weighted by Gasteiger charge is -2.27. The van der Waals surface area contributed by atoms with Gasteiger partial charge in [-0.25, -0.2) is 4.99 Å². The van der Waals surface area contributed by atoms with Crippen LogP contribution in [0, 0.1) is 12.8 Å². The van der Waals surface area contributed by atoms with Crippen molar-refractivity contribution >= 4 is 34.7 Å². The number of anilines is 1. The van der Waals surface area contributed by atoms with E-state index in [4.69, 9.17) is 4.42 Å². The standard InChI is InChI=1S/C37H49N3O4S/c1-9-31(22-32(27(6)41)21-30-13-11-12-14-30)26(5)38-29(8)39-34(28(7)42)16-15-24(3)33(10-2)37-25(4)35(43)23-36(44-37)40-17-19-45-20-18-40/h9-10,15-16,22-23,30,39,42H,7-8,11-14,17-21H2,1-6H3/b24-15+,31-9?,32-22+,33-10-,34-16+,38-26-. The van der Waals surface area contributed by atoms with Crippen LogP contribution >= 0.6 is 11.8 Å². The predicted molar refractivity (Wildman–Crippen MR) is 191 cm³/mol. The SMILES string of the molecule is C=C(/N=C(/C)C(=CC)/C=C(\CC1CCCC1)C(C)=O)N/C(=C/C=C(C)/C(=C/C)c1oc(N2CCSCC2)cc(=O)c1C)C(=C)O. The van der Waals surface area contributed by atoms with Crippen molar-refractivity contribution in [2.75, 3.05) is 29.5 Å². The first kappa shape index (κ1) is 35.7. The summed E-state index contributed by atoms with van der Waals surface area (Å²) in [5.41, 5.74) is 4.80. The Bertz CT molecular complexity index is 1520. The first-order chi connectivity index (χ1) is 21.4. The number of carbonyl (C=O) groups is 1. The van der Waals surface area contributed by atoms with Crippen LogP contribution in [0.3, 0.4) is 0 Å². The summed E-state index contributed by atoms with van der Waals surface area (Å²) in [6.07, 6.45) is 14.9. The molecule has 0 spiro atoms. The number of aliphatic hydroxyl groups excluding tert-OH is 1. The fourth-order valence-corrected chi connectivity index (χ4v) is 6.55. The van der Waals surface area contributed by atoms with Gasteiger partial charge in [-0.3, -0.25) is 9.59 Å². The average Bonchev–Trinajstić information content (AvgIpc) is 3.53. The molecule has 1 aliphatic heterocycles. The maximum Gasteiger partial charge on any atom is 0.200 e. The molecule has 2 heterocycles. The molecule has 3 rings (SSSR count). The van der Waals surface area contributed by atoms with Crippen LogP contribution in [-0.2, 0) is 4.79 Å². The minimum absolute atomic E-state index is 0.0629. The lowest BCUT2D eigenvalue weighted by Crippen LogP contribution is -2.33. The van der Waals surface area contributed by atoms with Gasteiger partial charge < -0.3 is 19.7 Å². The van der Waals surface area contributed by atoms with Gasteiger partial charge in [0, 0.05) is 47.5 Å². The summed E-state index contributed by atoms with van der Waals surface area (Å²) in [4.78, 5) is 32.1. The summed E-state index contributed by atoms with van der Waals surface area (Å²) in [5, 5.41) is 13.4. The number of rotatable bonds is 13. The summed E-state index contributed by atoms with van der Waals surface area (Å²) in [6, 6.07) is 1.58. The van der Waals surface area contributed by atoms with Crippen molar-refractivity contribution in [3.05, 3.63) is 105 Å². The molecule has 1 aromatic heterocycles. The maximum atomic E-state index is 12.9. The summed E-state index contributed by atoms with van der Waals surface area (Å²) in [7, 11) is 0. The number of hydrogen-bond acceptors (Lipinski definition) is 8. The molecule has 2 fully saturated rings. The number of nitrogens with zero attached hydrogens (tertiary/aromatic N) is 2. The van der Waals surface area contributed by atoms with E-state index in [1.165, 1.54) is 25.7 Å². The second-order valence-corrected chi connectivity index (χ2v) is 12.9. The van der Waals surface area contributed by atoms with Crippen molar-refractivity contribution in [3.8, 4) is 0 Å². The molecule has 1 aromatic rings.